The summed E-state index contributed by atoms with van der Waals surface area (Å²) in [7, 11) is 1.72. The first-order valence-electron chi connectivity index (χ1n) is 5.60. The predicted molar refractivity (Wildman–Crippen MR) is 58.6 cm³/mol. The van der Waals surface area contributed by atoms with Gasteiger partial charge in [0.2, 0.25) is 6.41 Å². The molecule has 0 aliphatic carbocycles. The molecule has 0 radical (unpaired) electrons. The Morgan fingerprint density at radius 1 is 1.40 bits per heavy atom. The predicted octanol–water partition coefficient (Wildman–Crippen LogP) is 1.36. The highest BCUT2D eigenvalue weighted by atomic mass is 16.7. The minimum Gasteiger partial charge on any atom is -0.384 e. The van der Waals surface area contributed by atoms with Crippen LogP contribution in [0.5, 0.6) is 0 Å². The van der Waals surface area contributed by atoms with E-state index < -0.39 is 0 Å². The standard InChI is InChI=1S/C11H23NO3/c1-5-11(6-13-4)7-14-10(15-8-11)12-9(2)3/h9-10,12H,5-8H2,1-4H3. The van der Waals surface area contributed by atoms with E-state index in [9.17, 15) is 0 Å². The molecule has 1 saturated heterocycles. The second-order valence-electron chi connectivity index (χ2n) is 4.56. The van der Waals surface area contributed by atoms with Crippen molar-refractivity contribution < 1.29 is 14.2 Å². The summed E-state index contributed by atoms with van der Waals surface area (Å²) < 4.78 is 16.5. The van der Waals surface area contributed by atoms with Crippen LogP contribution in [0.1, 0.15) is 27.2 Å². The van der Waals surface area contributed by atoms with Crippen LogP contribution >= 0.6 is 0 Å². The first-order valence-corrected chi connectivity index (χ1v) is 5.60. The fraction of sp³-hybridized carbons (Fsp3) is 1.00. The minimum atomic E-state index is -0.262. The Bertz CT molecular complexity index is 177. The van der Waals surface area contributed by atoms with E-state index in [1.807, 2.05) is 0 Å². The van der Waals surface area contributed by atoms with E-state index in [1.54, 1.807) is 7.11 Å². The first-order chi connectivity index (χ1) is 7.12. The van der Waals surface area contributed by atoms with E-state index in [1.165, 1.54) is 0 Å². The highest BCUT2D eigenvalue weighted by Crippen LogP contribution is 2.28. The monoisotopic (exact) mass is 217 g/mol. The summed E-state index contributed by atoms with van der Waals surface area (Å²) in [5.41, 5.74) is 0.0317. The quantitative estimate of drug-likeness (QED) is 0.754. The minimum absolute atomic E-state index is 0.0317. The maximum Gasteiger partial charge on any atom is 0.216 e. The third kappa shape index (κ3) is 3.72. The maximum absolute atomic E-state index is 5.63. The third-order valence-corrected chi connectivity index (χ3v) is 2.75. The summed E-state index contributed by atoms with van der Waals surface area (Å²) in [4.78, 5) is 0. The van der Waals surface area contributed by atoms with Crippen molar-refractivity contribution in [1.82, 2.24) is 5.32 Å². The lowest BCUT2D eigenvalue weighted by molar-refractivity contribution is -0.252. The van der Waals surface area contributed by atoms with Gasteiger partial charge in [-0.2, -0.15) is 0 Å². The Morgan fingerprint density at radius 3 is 2.40 bits per heavy atom. The summed E-state index contributed by atoms with van der Waals surface area (Å²) in [5.74, 6) is 0. The van der Waals surface area contributed by atoms with Gasteiger partial charge in [0.25, 0.3) is 0 Å². The zero-order valence-corrected chi connectivity index (χ0v) is 10.2. The van der Waals surface area contributed by atoms with Crippen LogP contribution < -0.4 is 5.32 Å². The van der Waals surface area contributed by atoms with Crippen LogP contribution in [-0.4, -0.2) is 39.4 Å². The zero-order valence-electron chi connectivity index (χ0n) is 10.2. The van der Waals surface area contributed by atoms with E-state index in [4.69, 9.17) is 14.2 Å². The van der Waals surface area contributed by atoms with Gasteiger partial charge in [-0.25, -0.2) is 0 Å². The van der Waals surface area contributed by atoms with E-state index in [-0.39, 0.29) is 11.8 Å². The number of ether oxygens (including phenoxy) is 3. The summed E-state index contributed by atoms with van der Waals surface area (Å²) in [6.07, 6.45) is 0.747. The number of hydrogen-bond donors (Lipinski definition) is 1. The Balaban J connectivity index is 2.38. The fourth-order valence-electron chi connectivity index (χ4n) is 1.66. The van der Waals surface area contributed by atoms with Crippen molar-refractivity contribution in [2.75, 3.05) is 26.9 Å². The number of nitrogens with one attached hydrogen (secondary N) is 1. The zero-order chi connectivity index (χ0) is 11.3. The van der Waals surface area contributed by atoms with Crippen LogP contribution in [0.3, 0.4) is 0 Å². The molecule has 1 aliphatic rings. The van der Waals surface area contributed by atoms with Gasteiger partial charge in [0, 0.05) is 18.6 Å². The molecule has 4 heteroatoms. The van der Waals surface area contributed by atoms with E-state index in [0.717, 1.165) is 6.42 Å². The number of methoxy groups -OCH3 is 1. The van der Waals surface area contributed by atoms with Gasteiger partial charge in [-0.3, -0.25) is 5.32 Å². The van der Waals surface area contributed by atoms with Crippen molar-refractivity contribution in [1.29, 1.82) is 0 Å². The Kier molecular flexibility index (Phi) is 4.99. The Labute approximate surface area is 92.3 Å². The molecule has 1 rings (SSSR count). The van der Waals surface area contributed by atoms with Gasteiger partial charge in [-0.05, 0) is 20.3 Å². The topological polar surface area (TPSA) is 39.7 Å². The van der Waals surface area contributed by atoms with Gasteiger partial charge in [0.1, 0.15) is 0 Å². The molecule has 0 bridgehead atoms. The molecule has 0 amide bonds. The van der Waals surface area contributed by atoms with Gasteiger partial charge in [-0.15, -0.1) is 0 Å². The number of hydrogen-bond acceptors (Lipinski definition) is 4. The molecule has 0 unspecified atom stereocenters. The molecule has 1 heterocycles. The average Bonchev–Trinajstić information content (AvgIpc) is 2.21. The van der Waals surface area contributed by atoms with Crippen molar-refractivity contribution >= 4 is 0 Å². The molecular weight excluding hydrogens is 194 g/mol. The molecule has 0 atom stereocenters. The average molecular weight is 217 g/mol. The Morgan fingerprint density at radius 2 is 2.00 bits per heavy atom. The third-order valence-electron chi connectivity index (χ3n) is 2.75. The van der Waals surface area contributed by atoms with E-state index >= 15 is 0 Å². The molecule has 0 spiro atoms. The summed E-state index contributed by atoms with van der Waals surface area (Å²) in [6, 6.07) is 0.367. The Hall–Kier alpha value is -0.160. The fourth-order valence-corrected chi connectivity index (χ4v) is 1.66. The van der Waals surface area contributed by atoms with Gasteiger partial charge < -0.3 is 14.2 Å². The van der Waals surface area contributed by atoms with Crippen LogP contribution in [0.15, 0.2) is 0 Å². The molecule has 1 aliphatic heterocycles. The lowest BCUT2D eigenvalue weighted by Gasteiger charge is -2.39. The molecule has 0 aromatic rings. The lowest BCUT2D eigenvalue weighted by atomic mass is 9.87. The van der Waals surface area contributed by atoms with Crippen molar-refractivity contribution in [3.63, 3.8) is 0 Å². The van der Waals surface area contributed by atoms with Crippen LogP contribution in [0, 0.1) is 5.41 Å². The van der Waals surface area contributed by atoms with Crippen molar-refractivity contribution in [2.45, 2.75) is 39.6 Å². The smallest absolute Gasteiger partial charge is 0.216 e. The van der Waals surface area contributed by atoms with Gasteiger partial charge in [-0.1, -0.05) is 6.92 Å². The molecule has 90 valence electrons. The summed E-state index contributed by atoms with van der Waals surface area (Å²) in [5, 5.41) is 3.20. The van der Waals surface area contributed by atoms with E-state index in [2.05, 4.69) is 26.1 Å². The molecular formula is C11H23NO3. The number of rotatable bonds is 5. The molecule has 0 aromatic heterocycles. The van der Waals surface area contributed by atoms with Gasteiger partial charge in [0.15, 0.2) is 0 Å². The van der Waals surface area contributed by atoms with Gasteiger partial charge >= 0.3 is 0 Å². The highest BCUT2D eigenvalue weighted by Gasteiger charge is 2.35. The van der Waals surface area contributed by atoms with Crippen molar-refractivity contribution in [2.24, 2.45) is 5.41 Å². The molecule has 1 fully saturated rings. The van der Waals surface area contributed by atoms with Crippen LogP contribution in [0.25, 0.3) is 0 Å². The summed E-state index contributed by atoms with van der Waals surface area (Å²) in [6.45, 7) is 8.37. The van der Waals surface area contributed by atoms with Crippen molar-refractivity contribution in [3.8, 4) is 0 Å². The highest BCUT2D eigenvalue weighted by molar-refractivity contribution is 4.80. The van der Waals surface area contributed by atoms with Crippen LogP contribution in [0.4, 0.5) is 0 Å². The molecule has 4 nitrogen and oxygen atoms in total. The second-order valence-corrected chi connectivity index (χ2v) is 4.56. The lowest BCUT2D eigenvalue weighted by Crippen LogP contribution is -2.50. The van der Waals surface area contributed by atoms with Crippen LogP contribution in [0.2, 0.25) is 0 Å². The molecule has 1 N–H and O–H groups in total. The van der Waals surface area contributed by atoms with E-state index in [0.29, 0.717) is 25.9 Å². The maximum atomic E-state index is 5.63. The second kappa shape index (κ2) is 5.80. The van der Waals surface area contributed by atoms with Crippen LogP contribution in [-0.2, 0) is 14.2 Å². The van der Waals surface area contributed by atoms with Crippen molar-refractivity contribution in [3.05, 3.63) is 0 Å². The SMILES string of the molecule is CCC1(COC)COC(NC(C)C)OC1. The summed E-state index contributed by atoms with van der Waals surface area (Å²) >= 11 is 0. The van der Waals surface area contributed by atoms with Gasteiger partial charge in [0.05, 0.1) is 19.8 Å². The molecule has 0 saturated carbocycles. The largest absolute Gasteiger partial charge is 0.384 e. The normalized spacial score (nSPS) is 32.2. The molecule has 15 heavy (non-hydrogen) atoms. The first kappa shape index (κ1) is 12.9. The molecule has 0 aromatic carbocycles.